The molecule has 0 saturated heterocycles. The summed E-state index contributed by atoms with van der Waals surface area (Å²) in [7, 11) is 0. The number of thioether (sulfide) groups is 1. The van der Waals surface area contributed by atoms with Crippen LogP contribution in [0.25, 0.3) is 0 Å². The first-order valence-electron chi connectivity index (χ1n) is 8.28. The van der Waals surface area contributed by atoms with Crippen molar-refractivity contribution in [2.75, 3.05) is 5.75 Å². The molecule has 0 saturated carbocycles. The molecule has 1 N–H and O–H groups in total. The number of carbonyl (C=O) groups excluding carboxylic acids is 1. The lowest BCUT2D eigenvalue weighted by Crippen LogP contribution is -2.23. The van der Waals surface area contributed by atoms with E-state index >= 15 is 0 Å². The SMILES string of the molecule is O=C(CCSc1ccccc1)NCc1cccc(Cn2ccnc2)c1. The molecule has 1 amide bonds. The second kappa shape index (κ2) is 9.08. The molecule has 0 aliphatic rings. The smallest absolute Gasteiger partial charge is 0.221 e. The number of rotatable bonds is 8. The molecular formula is C20H21N3OS. The molecule has 0 aliphatic carbocycles. The second-order valence-electron chi connectivity index (χ2n) is 5.74. The zero-order valence-corrected chi connectivity index (χ0v) is 14.8. The van der Waals surface area contributed by atoms with Gasteiger partial charge in [-0.05, 0) is 23.3 Å². The molecule has 1 aromatic heterocycles. The summed E-state index contributed by atoms with van der Waals surface area (Å²) < 4.78 is 2.03. The van der Waals surface area contributed by atoms with Crippen LogP contribution in [0.15, 0.2) is 78.2 Å². The largest absolute Gasteiger partial charge is 0.352 e. The first kappa shape index (κ1) is 17.3. The monoisotopic (exact) mass is 351 g/mol. The fourth-order valence-electron chi connectivity index (χ4n) is 2.50. The molecule has 5 heteroatoms. The van der Waals surface area contributed by atoms with Gasteiger partial charge in [0.1, 0.15) is 0 Å². The van der Waals surface area contributed by atoms with Crippen LogP contribution in [0.4, 0.5) is 0 Å². The minimum absolute atomic E-state index is 0.0865. The number of imidazole rings is 1. The highest BCUT2D eigenvalue weighted by molar-refractivity contribution is 7.99. The standard InChI is InChI=1S/C20H21N3OS/c24-20(9-12-25-19-7-2-1-3-8-19)22-14-17-5-4-6-18(13-17)15-23-11-10-21-16-23/h1-8,10-11,13,16H,9,12,14-15H2,(H,22,24). The maximum atomic E-state index is 12.0. The van der Waals surface area contributed by atoms with Crippen LogP contribution in [0.1, 0.15) is 17.5 Å². The van der Waals surface area contributed by atoms with E-state index in [1.165, 1.54) is 10.5 Å². The average Bonchev–Trinajstić information content (AvgIpc) is 3.14. The average molecular weight is 351 g/mol. The minimum atomic E-state index is 0.0865. The van der Waals surface area contributed by atoms with Crippen LogP contribution >= 0.6 is 11.8 Å². The van der Waals surface area contributed by atoms with Crippen LogP contribution < -0.4 is 5.32 Å². The van der Waals surface area contributed by atoms with Crippen LogP contribution in [-0.4, -0.2) is 21.2 Å². The molecule has 0 radical (unpaired) electrons. The molecule has 0 fully saturated rings. The summed E-state index contributed by atoms with van der Waals surface area (Å²) in [6, 6.07) is 18.4. The fraction of sp³-hybridized carbons (Fsp3) is 0.200. The number of amides is 1. The maximum absolute atomic E-state index is 12.0. The van der Waals surface area contributed by atoms with Crippen molar-refractivity contribution in [1.82, 2.24) is 14.9 Å². The topological polar surface area (TPSA) is 46.9 Å². The van der Waals surface area contributed by atoms with Crippen LogP contribution in [0.2, 0.25) is 0 Å². The van der Waals surface area contributed by atoms with Gasteiger partial charge in [-0.1, -0.05) is 42.5 Å². The van der Waals surface area contributed by atoms with Gasteiger partial charge in [-0.15, -0.1) is 11.8 Å². The number of aromatic nitrogens is 2. The summed E-state index contributed by atoms with van der Waals surface area (Å²) >= 11 is 1.71. The summed E-state index contributed by atoms with van der Waals surface area (Å²) in [4.78, 5) is 17.3. The highest BCUT2D eigenvalue weighted by atomic mass is 32.2. The van der Waals surface area contributed by atoms with Gasteiger partial charge >= 0.3 is 0 Å². The van der Waals surface area contributed by atoms with Gasteiger partial charge in [-0.3, -0.25) is 4.79 Å². The Balaban J connectivity index is 1.42. The van der Waals surface area contributed by atoms with Crippen molar-refractivity contribution in [3.05, 3.63) is 84.4 Å². The third kappa shape index (κ3) is 5.80. The Kier molecular flexibility index (Phi) is 6.29. The lowest BCUT2D eigenvalue weighted by Gasteiger charge is -2.08. The summed E-state index contributed by atoms with van der Waals surface area (Å²) in [5.41, 5.74) is 2.31. The number of hydrogen-bond donors (Lipinski definition) is 1. The van der Waals surface area contributed by atoms with E-state index in [-0.39, 0.29) is 5.91 Å². The van der Waals surface area contributed by atoms with Gasteiger partial charge in [0.15, 0.2) is 0 Å². The Bertz CT molecular complexity index is 788. The fourth-order valence-corrected chi connectivity index (χ4v) is 3.37. The molecule has 25 heavy (non-hydrogen) atoms. The van der Waals surface area contributed by atoms with Gasteiger partial charge in [0.2, 0.25) is 5.91 Å². The highest BCUT2D eigenvalue weighted by Crippen LogP contribution is 2.17. The van der Waals surface area contributed by atoms with Gasteiger partial charge in [0.05, 0.1) is 6.33 Å². The van der Waals surface area contributed by atoms with Crippen molar-refractivity contribution in [2.24, 2.45) is 0 Å². The molecule has 1 heterocycles. The van der Waals surface area contributed by atoms with E-state index in [2.05, 4.69) is 34.6 Å². The van der Waals surface area contributed by atoms with E-state index in [0.29, 0.717) is 13.0 Å². The van der Waals surface area contributed by atoms with Crippen molar-refractivity contribution in [3.63, 3.8) is 0 Å². The number of carbonyl (C=O) groups is 1. The Morgan fingerprint density at radius 2 is 1.92 bits per heavy atom. The van der Waals surface area contributed by atoms with Crippen LogP contribution in [-0.2, 0) is 17.9 Å². The number of benzene rings is 2. The third-order valence-electron chi connectivity index (χ3n) is 3.75. The lowest BCUT2D eigenvalue weighted by molar-refractivity contribution is -0.120. The zero-order chi connectivity index (χ0) is 17.3. The number of nitrogens with one attached hydrogen (secondary N) is 1. The third-order valence-corrected chi connectivity index (χ3v) is 4.76. The molecule has 0 aliphatic heterocycles. The first-order valence-corrected chi connectivity index (χ1v) is 9.26. The molecule has 3 rings (SSSR count). The normalized spacial score (nSPS) is 10.6. The Morgan fingerprint density at radius 1 is 1.08 bits per heavy atom. The molecule has 3 aromatic rings. The van der Waals surface area contributed by atoms with Crippen molar-refractivity contribution in [1.29, 1.82) is 0 Å². The molecule has 0 bridgehead atoms. The van der Waals surface area contributed by atoms with Crippen molar-refractivity contribution in [2.45, 2.75) is 24.4 Å². The van der Waals surface area contributed by atoms with Crippen LogP contribution in [0.3, 0.4) is 0 Å². The first-order chi connectivity index (χ1) is 12.3. The van der Waals surface area contributed by atoms with Gasteiger partial charge in [0.25, 0.3) is 0 Å². The lowest BCUT2D eigenvalue weighted by atomic mass is 10.1. The molecule has 0 atom stereocenters. The van der Waals surface area contributed by atoms with E-state index in [0.717, 1.165) is 17.9 Å². The molecule has 2 aromatic carbocycles. The summed E-state index contributed by atoms with van der Waals surface area (Å²) in [5.74, 6) is 0.875. The van der Waals surface area contributed by atoms with Crippen molar-refractivity contribution in [3.8, 4) is 0 Å². The van der Waals surface area contributed by atoms with Gasteiger partial charge < -0.3 is 9.88 Å². The highest BCUT2D eigenvalue weighted by Gasteiger charge is 2.03. The quantitative estimate of drug-likeness (QED) is 0.629. The van der Waals surface area contributed by atoms with Crippen LogP contribution in [0.5, 0.6) is 0 Å². The minimum Gasteiger partial charge on any atom is -0.352 e. The molecule has 0 unspecified atom stereocenters. The summed E-state index contributed by atoms with van der Waals surface area (Å²) in [6.07, 6.45) is 6.05. The predicted octanol–water partition coefficient (Wildman–Crippen LogP) is 3.73. The van der Waals surface area contributed by atoms with E-state index in [9.17, 15) is 4.79 Å². The zero-order valence-electron chi connectivity index (χ0n) is 14.0. The van der Waals surface area contributed by atoms with Gasteiger partial charge in [0, 0.05) is 42.6 Å². The molecule has 0 spiro atoms. The number of nitrogens with zero attached hydrogens (tertiary/aromatic N) is 2. The molecular weight excluding hydrogens is 330 g/mol. The predicted molar refractivity (Wildman–Crippen MR) is 101 cm³/mol. The molecule has 128 valence electrons. The van der Waals surface area contributed by atoms with E-state index in [1.807, 2.05) is 41.1 Å². The molecule has 4 nitrogen and oxygen atoms in total. The Morgan fingerprint density at radius 3 is 2.72 bits per heavy atom. The summed E-state index contributed by atoms with van der Waals surface area (Å²) in [6.45, 7) is 1.35. The van der Waals surface area contributed by atoms with E-state index < -0.39 is 0 Å². The van der Waals surface area contributed by atoms with Crippen LogP contribution in [0, 0.1) is 0 Å². The van der Waals surface area contributed by atoms with Gasteiger partial charge in [-0.25, -0.2) is 4.98 Å². The van der Waals surface area contributed by atoms with Crippen molar-refractivity contribution < 1.29 is 4.79 Å². The van der Waals surface area contributed by atoms with Crippen molar-refractivity contribution >= 4 is 17.7 Å². The van der Waals surface area contributed by atoms with E-state index in [4.69, 9.17) is 0 Å². The maximum Gasteiger partial charge on any atom is 0.221 e. The Labute approximate surface area is 152 Å². The van der Waals surface area contributed by atoms with E-state index in [1.54, 1.807) is 24.3 Å². The number of hydrogen-bond acceptors (Lipinski definition) is 3. The second-order valence-corrected chi connectivity index (χ2v) is 6.91. The van der Waals surface area contributed by atoms with Gasteiger partial charge in [-0.2, -0.15) is 0 Å². The Hall–Kier alpha value is -2.53. The summed E-state index contributed by atoms with van der Waals surface area (Å²) in [5, 5.41) is 3.00.